The molecule has 1 aromatic rings. The van der Waals surface area contributed by atoms with Gasteiger partial charge in [-0.25, -0.2) is 0 Å². The molecular weight excluding hydrogens is 224 g/mol. The van der Waals surface area contributed by atoms with Crippen LogP contribution in [0.2, 0.25) is 0 Å². The molecule has 0 fully saturated rings. The van der Waals surface area contributed by atoms with E-state index in [1.54, 1.807) is 0 Å². The predicted molar refractivity (Wildman–Crippen MR) is 73.4 cm³/mol. The van der Waals surface area contributed by atoms with Gasteiger partial charge >= 0.3 is 0 Å². The van der Waals surface area contributed by atoms with Crippen LogP contribution in [0, 0.1) is 0 Å². The Morgan fingerprint density at radius 2 is 2.17 bits per heavy atom. The number of amides is 1. The lowest BCUT2D eigenvalue weighted by molar-refractivity contribution is -0.122. The Hall–Kier alpha value is -1.35. The first-order valence-corrected chi connectivity index (χ1v) is 6.65. The second-order valence-electron chi connectivity index (χ2n) is 5.39. The van der Waals surface area contributed by atoms with Crippen molar-refractivity contribution in [2.24, 2.45) is 0 Å². The molecule has 1 amide bonds. The van der Waals surface area contributed by atoms with Crippen LogP contribution in [0.1, 0.15) is 37.4 Å². The molecule has 18 heavy (non-hydrogen) atoms. The minimum atomic E-state index is 0.108. The Balaban J connectivity index is 1.99. The molecule has 0 spiro atoms. The number of aryl methyl sites for hydroxylation is 1. The Kier molecular flexibility index (Phi) is 4.02. The summed E-state index contributed by atoms with van der Waals surface area (Å²) in [6.07, 6.45) is 2.24. The van der Waals surface area contributed by atoms with Gasteiger partial charge in [-0.05, 0) is 44.9 Å². The number of nitrogens with zero attached hydrogens (tertiary/aromatic N) is 1. The van der Waals surface area contributed by atoms with Crippen molar-refractivity contribution in [2.75, 3.05) is 13.6 Å². The van der Waals surface area contributed by atoms with Gasteiger partial charge in [0.1, 0.15) is 0 Å². The van der Waals surface area contributed by atoms with E-state index in [1.807, 2.05) is 20.9 Å². The molecule has 0 bridgehead atoms. The topological polar surface area (TPSA) is 32.3 Å². The van der Waals surface area contributed by atoms with Crippen LogP contribution >= 0.6 is 0 Å². The van der Waals surface area contributed by atoms with Gasteiger partial charge in [0, 0.05) is 12.1 Å². The lowest BCUT2D eigenvalue weighted by atomic mass is 10.1. The van der Waals surface area contributed by atoms with Crippen LogP contribution in [0.4, 0.5) is 0 Å². The van der Waals surface area contributed by atoms with E-state index in [0.29, 0.717) is 12.6 Å². The summed E-state index contributed by atoms with van der Waals surface area (Å²) in [6, 6.07) is 9.15. The molecule has 3 nitrogen and oxygen atoms in total. The van der Waals surface area contributed by atoms with Crippen LogP contribution in [0.5, 0.6) is 0 Å². The van der Waals surface area contributed by atoms with Crippen molar-refractivity contribution < 1.29 is 4.79 Å². The zero-order valence-electron chi connectivity index (χ0n) is 11.4. The quantitative estimate of drug-likeness (QED) is 0.882. The highest BCUT2D eigenvalue weighted by molar-refractivity contribution is 5.78. The molecule has 1 aliphatic rings. The van der Waals surface area contributed by atoms with E-state index in [9.17, 15) is 4.79 Å². The molecule has 98 valence electrons. The van der Waals surface area contributed by atoms with Crippen LogP contribution in [-0.2, 0) is 11.2 Å². The van der Waals surface area contributed by atoms with Gasteiger partial charge in [-0.15, -0.1) is 0 Å². The van der Waals surface area contributed by atoms with E-state index in [1.165, 1.54) is 11.1 Å². The highest BCUT2D eigenvalue weighted by Gasteiger charge is 2.26. The second kappa shape index (κ2) is 5.53. The summed E-state index contributed by atoms with van der Waals surface area (Å²) in [5.41, 5.74) is 2.82. The van der Waals surface area contributed by atoms with Crippen molar-refractivity contribution >= 4 is 5.91 Å². The number of rotatable bonds is 4. The van der Waals surface area contributed by atoms with Crippen molar-refractivity contribution in [3.8, 4) is 0 Å². The van der Waals surface area contributed by atoms with E-state index in [-0.39, 0.29) is 11.9 Å². The highest BCUT2D eigenvalue weighted by Crippen LogP contribution is 2.34. The van der Waals surface area contributed by atoms with E-state index >= 15 is 0 Å². The third-order valence-electron chi connectivity index (χ3n) is 3.48. The fourth-order valence-corrected chi connectivity index (χ4v) is 2.70. The average molecular weight is 246 g/mol. The minimum Gasteiger partial charge on any atom is -0.353 e. The maximum Gasteiger partial charge on any atom is 0.234 e. The first kappa shape index (κ1) is 13.1. The zero-order valence-corrected chi connectivity index (χ0v) is 11.4. The fourth-order valence-electron chi connectivity index (χ4n) is 2.70. The first-order valence-electron chi connectivity index (χ1n) is 6.65. The monoisotopic (exact) mass is 246 g/mol. The molecule has 0 aromatic heterocycles. The van der Waals surface area contributed by atoms with Gasteiger partial charge in [0.05, 0.1) is 6.54 Å². The summed E-state index contributed by atoms with van der Waals surface area (Å²) in [4.78, 5) is 13.9. The molecule has 3 heteroatoms. The molecule has 1 aromatic carbocycles. The number of likely N-dealkylation sites (N-methyl/N-ethyl adjacent to an activating group) is 1. The number of nitrogens with one attached hydrogen (secondary N) is 1. The average Bonchev–Trinajstić information content (AvgIpc) is 2.71. The molecule has 0 unspecified atom stereocenters. The van der Waals surface area contributed by atoms with E-state index < -0.39 is 0 Å². The van der Waals surface area contributed by atoms with Crippen molar-refractivity contribution in [3.63, 3.8) is 0 Å². The van der Waals surface area contributed by atoms with Crippen LogP contribution in [-0.4, -0.2) is 30.4 Å². The molecule has 0 radical (unpaired) electrons. The van der Waals surface area contributed by atoms with E-state index in [4.69, 9.17) is 0 Å². The van der Waals surface area contributed by atoms with Gasteiger partial charge in [0.2, 0.25) is 5.91 Å². The normalized spacial score (nSPS) is 18.2. The second-order valence-corrected chi connectivity index (χ2v) is 5.39. The van der Waals surface area contributed by atoms with Gasteiger partial charge in [-0.1, -0.05) is 24.3 Å². The van der Waals surface area contributed by atoms with Crippen molar-refractivity contribution in [1.29, 1.82) is 0 Å². The number of benzene rings is 1. The summed E-state index contributed by atoms with van der Waals surface area (Å²) < 4.78 is 0. The van der Waals surface area contributed by atoms with Crippen molar-refractivity contribution in [3.05, 3.63) is 35.4 Å². The summed E-state index contributed by atoms with van der Waals surface area (Å²) in [5, 5.41) is 2.94. The maximum absolute atomic E-state index is 11.8. The number of fused-ring (bicyclic) bond motifs is 1. The number of hydrogen-bond donors (Lipinski definition) is 1. The Labute approximate surface area is 109 Å². The number of hydrogen-bond acceptors (Lipinski definition) is 2. The SMILES string of the molecule is CC(C)NC(=O)CN(C)[C@@H]1CCc2ccccc21. The molecule has 1 N–H and O–H groups in total. The van der Waals surface area contributed by atoms with Crippen LogP contribution in [0.15, 0.2) is 24.3 Å². The Bertz CT molecular complexity index is 428. The molecule has 1 aliphatic carbocycles. The molecular formula is C15H22N2O. The lowest BCUT2D eigenvalue weighted by Gasteiger charge is -2.25. The maximum atomic E-state index is 11.8. The molecule has 2 rings (SSSR count). The van der Waals surface area contributed by atoms with Crippen LogP contribution in [0.3, 0.4) is 0 Å². The Morgan fingerprint density at radius 3 is 2.89 bits per heavy atom. The van der Waals surface area contributed by atoms with Crippen LogP contribution in [0.25, 0.3) is 0 Å². The van der Waals surface area contributed by atoms with E-state index in [0.717, 1.165) is 12.8 Å². The van der Waals surface area contributed by atoms with Gasteiger partial charge in [0.25, 0.3) is 0 Å². The van der Waals surface area contributed by atoms with E-state index in [2.05, 4.69) is 34.5 Å². The number of carbonyl (C=O) groups is 1. The zero-order chi connectivity index (χ0) is 13.1. The first-order chi connectivity index (χ1) is 8.58. The molecule has 0 aliphatic heterocycles. The third-order valence-corrected chi connectivity index (χ3v) is 3.48. The van der Waals surface area contributed by atoms with Crippen LogP contribution < -0.4 is 5.32 Å². The van der Waals surface area contributed by atoms with Crippen molar-refractivity contribution in [2.45, 2.75) is 38.8 Å². The highest BCUT2D eigenvalue weighted by atomic mass is 16.2. The molecule has 0 saturated heterocycles. The predicted octanol–water partition coefficient (Wildman–Crippen LogP) is 2.13. The third kappa shape index (κ3) is 2.91. The minimum absolute atomic E-state index is 0.108. The smallest absolute Gasteiger partial charge is 0.234 e. The molecule has 0 heterocycles. The summed E-state index contributed by atoms with van der Waals surface area (Å²) in [7, 11) is 2.03. The largest absolute Gasteiger partial charge is 0.353 e. The Morgan fingerprint density at radius 1 is 1.44 bits per heavy atom. The lowest BCUT2D eigenvalue weighted by Crippen LogP contribution is -2.39. The van der Waals surface area contributed by atoms with Gasteiger partial charge in [-0.3, -0.25) is 9.69 Å². The number of carbonyl (C=O) groups excluding carboxylic acids is 1. The van der Waals surface area contributed by atoms with Gasteiger partial charge < -0.3 is 5.32 Å². The standard InChI is InChI=1S/C15H22N2O/c1-11(2)16-15(18)10-17(3)14-9-8-12-6-4-5-7-13(12)14/h4-7,11,14H,8-10H2,1-3H3,(H,16,18)/t14-/m1/s1. The molecule has 0 saturated carbocycles. The summed E-state index contributed by atoms with van der Waals surface area (Å²) in [5.74, 6) is 0.108. The van der Waals surface area contributed by atoms with Crippen molar-refractivity contribution in [1.82, 2.24) is 10.2 Å². The summed E-state index contributed by atoms with van der Waals surface area (Å²) >= 11 is 0. The fraction of sp³-hybridized carbons (Fsp3) is 0.533. The summed E-state index contributed by atoms with van der Waals surface area (Å²) in [6.45, 7) is 4.45. The van der Waals surface area contributed by atoms with Gasteiger partial charge in [0.15, 0.2) is 0 Å². The molecule has 1 atom stereocenters. The van der Waals surface area contributed by atoms with Gasteiger partial charge in [-0.2, -0.15) is 0 Å².